The smallest absolute Gasteiger partial charge is 0.243 e. The maximum Gasteiger partial charge on any atom is 0.243 e. The van der Waals surface area contributed by atoms with Crippen molar-refractivity contribution in [3.05, 3.63) is 60.2 Å². The molecule has 1 N–H and O–H groups in total. The molecule has 0 aliphatic carbocycles. The Labute approximate surface area is 166 Å². The van der Waals surface area contributed by atoms with Gasteiger partial charge in [-0.05, 0) is 49.1 Å². The summed E-state index contributed by atoms with van der Waals surface area (Å²) in [7, 11) is -2.04. The molecule has 1 fully saturated rings. The Morgan fingerprint density at radius 1 is 1.14 bits per heavy atom. The molecule has 1 saturated heterocycles. The molecule has 0 aromatic heterocycles. The van der Waals surface area contributed by atoms with Gasteiger partial charge >= 0.3 is 0 Å². The first kappa shape index (κ1) is 20.5. The number of hydrogen-bond acceptors (Lipinski definition) is 4. The van der Waals surface area contributed by atoms with Gasteiger partial charge in [-0.2, -0.15) is 4.31 Å². The Bertz CT molecular complexity index is 876. The van der Waals surface area contributed by atoms with E-state index in [0.29, 0.717) is 25.1 Å². The highest BCUT2D eigenvalue weighted by Gasteiger charge is 2.21. The predicted octanol–water partition coefficient (Wildman–Crippen LogP) is 3.41. The molecular weight excluding hydrogens is 376 g/mol. The minimum absolute atomic E-state index is 0.0905. The highest BCUT2D eigenvalue weighted by Crippen LogP contribution is 2.20. The van der Waals surface area contributed by atoms with Crippen LogP contribution in [0.5, 0.6) is 0 Å². The van der Waals surface area contributed by atoms with Gasteiger partial charge in [-0.25, -0.2) is 8.42 Å². The summed E-state index contributed by atoms with van der Waals surface area (Å²) in [6.45, 7) is 1.08. The van der Waals surface area contributed by atoms with E-state index in [1.807, 2.05) is 30.3 Å². The normalized spacial score (nSPS) is 17.0. The van der Waals surface area contributed by atoms with Crippen molar-refractivity contribution >= 4 is 21.6 Å². The Morgan fingerprint density at radius 2 is 1.86 bits per heavy atom. The lowest BCUT2D eigenvalue weighted by atomic mass is 10.1. The van der Waals surface area contributed by atoms with E-state index >= 15 is 0 Å². The zero-order chi connectivity index (χ0) is 20.0. The number of nitrogens with one attached hydrogen (secondary N) is 1. The maximum atomic E-state index is 12.7. The van der Waals surface area contributed by atoms with Gasteiger partial charge < -0.3 is 10.1 Å². The summed E-state index contributed by atoms with van der Waals surface area (Å²) in [6.07, 6.45) is 3.35. The third kappa shape index (κ3) is 5.41. The third-order valence-electron chi connectivity index (χ3n) is 4.81. The van der Waals surface area contributed by atoms with Crippen molar-refractivity contribution in [1.29, 1.82) is 0 Å². The van der Waals surface area contributed by atoms with Gasteiger partial charge in [-0.15, -0.1) is 0 Å². The second-order valence-corrected chi connectivity index (χ2v) is 9.04. The van der Waals surface area contributed by atoms with Crippen molar-refractivity contribution in [3.8, 4) is 0 Å². The van der Waals surface area contributed by atoms with Gasteiger partial charge in [0.25, 0.3) is 0 Å². The monoisotopic (exact) mass is 402 g/mol. The maximum absolute atomic E-state index is 12.7. The fourth-order valence-corrected chi connectivity index (χ4v) is 4.36. The number of ether oxygens (including phenoxy) is 1. The molecule has 28 heavy (non-hydrogen) atoms. The van der Waals surface area contributed by atoms with Crippen LogP contribution in [0.25, 0.3) is 0 Å². The quantitative estimate of drug-likeness (QED) is 0.734. The molecule has 0 bridgehead atoms. The molecule has 3 rings (SSSR count). The largest absolute Gasteiger partial charge is 0.378 e. The summed E-state index contributed by atoms with van der Waals surface area (Å²) in [5, 5.41) is 2.81. The first-order valence-electron chi connectivity index (χ1n) is 9.47. The van der Waals surface area contributed by atoms with Crippen LogP contribution in [0.1, 0.15) is 31.2 Å². The highest BCUT2D eigenvalue weighted by molar-refractivity contribution is 7.89. The number of sulfonamides is 1. The van der Waals surface area contributed by atoms with Crippen LogP contribution in [0, 0.1) is 0 Å². The molecule has 2 aromatic rings. The second kappa shape index (κ2) is 9.32. The van der Waals surface area contributed by atoms with E-state index in [1.165, 1.54) is 16.4 Å². The number of rotatable bonds is 8. The number of carbonyl (C=O) groups is 1. The first-order chi connectivity index (χ1) is 13.4. The van der Waals surface area contributed by atoms with Gasteiger partial charge in [-0.1, -0.05) is 30.3 Å². The van der Waals surface area contributed by atoms with Crippen LogP contribution in [0.3, 0.4) is 0 Å². The van der Waals surface area contributed by atoms with Crippen molar-refractivity contribution in [2.75, 3.05) is 19.0 Å². The Balaban J connectivity index is 1.57. The molecule has 1 unspecified atom stereocenters. The van der Waals surface area contributed by atoms with E-state index in [2.05, 4.69) is 5.32 Å². The van der Waals surface area contributed by atoms with Crippen LogP contribution in [0.15, 0.2) is 59.5 Å². The van der Waals surface area contributed by atoms with Gasteiger partial charge in [0.15, 0.2) is 0 Å². The molecule has 1 aliphatic heterocycles. The standard InChI is InChI=1S/C21H26N2O4S/c1-23(16-17-6-3-2-4-7-17)28(25,26)20-12-9-18(10-13-20)22-21(24)14-11-19-8-5-15-27-19/h2-4,6-7,9-10,12-13,19H,5,8,11,14-16H2,1H3,(H,22,24). The van der Waals surface area contributed by atoms with Crippen LogP contribution in [-0.2, 0) is 26.1 Å². The Morgan fingerprint density at radius 3 is 2.50 bits per heavy atom. The van der Waals surface area contributed by atoms with E-state index in [1.54, 1.807) is 19.2 Å². The zero-order valence-corrected chi connectivity index (χ0v) is 16.8. The summed E-state index contributed by atoms with van der Waals surface area (Å²) in [5.74, 6) is -0.0905. The van der Waals surface area contributed by atoms with Crippen LogP contribution in [0.2, 0.25) is 0 Å². The lowest BCUT2D eigenvalue weighted by Gasteiger charge is -2.17. The van der Waals surface area contributed by atoms with E-state index in [-0.39, 0.29) is 16.9 Å². The van der Waals surface area contributed by atoms with Crippen LogP contribution in [-0.4, -0.2) is 38.4 Å². The highest BCUT2D eigenvalue weighted by atomic mass is 32.2. The number of nitrogens with zero attached hydrogens (tertiary/aromatic N) is 1. The molecule has 2 aromatic carbocycles. The van der Waals surface area contributed by atoms with Gasteiger partial charge in [0.1, 0.15) is 0 Å². The Hall–Kier alpha value is -2.22. The van der Waals surface area contributed by atoms with E-state index in [0.717, 1.165) is 25.0 Å². The fraction of sp³-hybridized carbons (Fsp3) is 0.381. The molecule has 1 atom stereocenters. The SMILES string of the molecule is CN(Cc1ccccc1)S(=O)(=O)c1ccc(NC(=O)CCC2CCCO2)cc1. The van der Waals surface area contributed by atoms with E-state index in [9.17, 15) is 13.2 Å². The summed E-state index contributed by atoms with van der Waals surface area (Å²) in [4.78, 5) is 12.3. The lowest BCUT2D eigenvalue weighted by Crippen LogP contribution is -2.26. The third-order valence-corrected chi connectivity index (χ3v) is 6.63. The molecule has 1 aliphatic rings. The van der Waals surface area contributed by atoms with Gasteiger partial charge in [0, 0.05) is 32.3 Å². The minimum atomic E-state index is -3.60. The first-order valence-corrected chi connectivity index (χ1v) is 10.9. The molecule has 1 amide bonds. The van der Waals surface area contributed by atoms with Crippen molar-refractivity contribution in [2.45, 2.75) is 43.2 Å². The number of anilines is 1. The van der Waals surface area contributed by atoms with E-state index in [4.69, 9.17) is 4.74 Å². The number of hydrogen-bond donors (Lipinski definition) is 1. The molecule has 150 valence electrons. The van der Waals surface area contributed by atoms with E-state index < -0.39 is 10.0 Å². The predicted molar refractivity (Wildman–Crippen MR) is 108 cm³/mol. The molecule has 0 spiro atoms. The molecule has 0 saturated carbocycles. The van der Waals surface area contributed by atoms with Crippen molar-refractivity contribution in [2.24, 2.45) is 0 Å². The summed E-state index contributed by atoms with van der Waals surface area (Å²) in [6, 6.07) is 15.7. The summed E-state index contributed by atoms with van der Waals surface area (Å²) < 4.78 is 32.3. The van der Waals surface area contributed by atoms with Crippen LogP contribution < -0.4 is 5.32 Å². The Kier molecular flexibility index (Phi) is 6.83. The molecule has 1 heterocycles. The summed E-state index contributed by atoms with van der Waals surface area (Å²) >= 11 is 0. The second-order valence-electron chi connectivity index (χ2n) is 6.99. The number of carbonyl (C=O) groups excluding carboxylic acids is 1. The van der Waals surface area contributed by atoms with Crippen LogP contribution >= 0.6 is 0 Å². The van der Waals surface area contributed by atoms with Crippen LogP contribution in [0.4, 0.5) is 5.69 Å². The van der Waals surface area contributed by atoms with Gasteiger partial charge in [0.2, 0.25) is 15.9 Å². The average molecular weight is 403 g/mol. The minimum Gasteiger partial charge on any atom is -0.378 e. The fourth-order valence-electron chi connectivity index (χ4n) is 3.20. The number of amides is 1. The topological polar surface area (TPSA) is 75.7 Å². The average Bonchev–Trinajstić information content (AvgIpc) is 3.21. The molecule has 7 heteroatoms. The molecule has 0 radical (unpaired) electrons. The summed E-state index contributed by atoms with van der Waals surface area (Å²) in [5.41, 5.74) is 1.51. The van der Waals surface area contributed by atoms with Crippen molar-refractivity contribution in [1.82, 2.24) is 4.31 Å². The lowest BCUT2D eigenvalue weighted by molar-refractivity contribution is -0.116. The molecule has 6 nitrogen and oxygen atoms in total. The van der Waals surface area contributed by atoms with Gasteiger partial charge in [0.05, 0.1) is 11.0 Å². The van der Waals surface area contributed by atoms with Crippen molar-refractivity contribution < 1.29 is 17.9 Å². The number of benzene rings is 2. The van der Waals surface area contributed by atoms with Crippen molar-refractivity contribution in [3.63, 3.8) is 0 Å². The van der Waals surface area contributed by atoms with Gasteiger partial charge in [-0.3, -0.25) is 4.79 Å². The molecular formula is C21H26N2O4S. The zero-order valence-electron chi connectivity index (χ0n) is 16.0.